The van der Waals surface area contributed by atoms with Gasteiger partial charge in [0, 0.05) is 25.2 Å². The molecule has 0 aromatic carbocycles. The Labute approximate surface area is 74.9 Å². The first-order chi connectivity index (χ1) is 6.23. The molecule has 70 valence electrons. The van der Waals surface area contributed by atoms with E-state index in [9.17, 15) is 4.79 Å². The topological polar surface area (TPSA) is 64.3 Å². The number of ether oxygens (including phenoxy) is 1. The third-order valence-electron chi connectivity index (χ3n) is 2.06. The monoisotopic (exact) mass is 182 g/mol. The molecule has 0 unspecified atom stereocenters. The Kier molecular flexibility index (Phi) is 1.81. The van der Waals surface area contributed by atoms with Crippen molar-refractivity contribution in [3.8, 4) is 0 Å². The molecule has 2 rings (SSSR count). The molecular formula is C8H10N2O3. The van der Waals surface area contributed by atoms with Gasteiger partial charge >= 0.3 is 5.97 Å². The van der Waals surface area contributed by atoms with E-state index in [2.05, 4.69) is 5.10 Å². The number of rotatable bonds is 4. The first kappa shape index (κ1) is 8.25. The number of hydrogen-bond acceptors (Lipinski definition) is 3. The number of hydrogen-bond donors (Lipinski definition) is 1. The normalized spacial score (nSPS) is 18.5. The van der Waals surface area contributed by atoms with Crippen LogP contribution in [-0.2, 0) is 15.3 Å². The smallest absolute Gasteiger partial charge is 0.329 e. The lowest BCUT2D eigenvalue weighted by molar-refractivity contribution is -0.149. The van der Waals surface area contributed by atoms with Crippen LogP contribution in [0.2, 0.25) is 0 Å². The molecule has 1 aliphatic rings. The molecule has 0 atom stereocenters. The molecule has 5 heteroatoms. The number of carbonyl (C=O) groups is 1. The predicted molar refractivity (Wildman–Crippen MR) is 43.0 cm³/mol. The van der Waals surface area contributed by atoms with Gasteiger partial charge in [-0.2, -0.15) is 5.10 Å². The summed E-state index contributed by atoms with van der Waals surface area (Å²) in [6.45, 7) is -0.264. The van der Waals surface area contributed by atoms with Gasteiger partial charge in [-0.15, -0.1) is 0 Å². The first-order valence-corrected chi connectivity index (χ1v) is 4.09. The molecule has 1 fully saturated rings. The number of aromatic nitrogens is 2. The van der Waals surface area contributed by atoms with Crippen molar-refractivity contribution >= 4 is 5.97 Å². The summed E-state index contributed by atoms with van der Waals surface area (Å²) in [4.78, 5) is 10.3. The van der Waals surface area contributed by atoms with E-state index in [0.717, 1.165) is 12.8 Å². The van der Waals surface area contributed by atoms with Crippen molar-refractivity contribution in [2.75, 3.05) is 6.61 Å². The largest absolute Gasteiger partial charge is 0.480 e. The molecule has 0 radical (unpaired) electrons. The van der Waals surface area contributed by atoms with Crippen LogP contribution in [0.1, 0.15) is 12.8 Å². The van der Waals surface area contributed by atoms with Gasteiger partial charge in [0.1, 0.15) is 6.61 Å². The van der Waals surface area contributed by atoms with Gasteiger partial charge in [-0.3, -0.25) is 0 Å². The van der Waals surface area contributed by atoms with Crippen LogP contribution in [0.5, 0.6) is 0 Å². The molecule has 1 heterocycles. The van der Waals surface area contributed by atoms with Crippen LogP contribution >= 0.6 is 0 Å². The van der Waals surface area contributed by atoms with Crippen molar-refractivity contribution in [3.63, 3.8) is 0 Å². The zero-order chi connectivity index (χ0) is 9.31. The molecule has 0 amide bonds. The van der Waals surface area contributed by atoms with Gasteiger partial charge in [-0.25, -0.2) is 9.48 Å². The molecule has 1 saturated carbocycles. The zero-order valence-corrected chi connectivity index (χ0v) is 7.01. The van der Waals surface area contributed by atoms with Gasteiger partial charge in [0.25, 0.3) is 0 Å². The highest BCUT2D eigenvalue weighted by atomic mass is 16.5. The second kappa shape index (κ2) is 2.85. The van der Waals surface area contributed by atoms with Crippen LogP contribution in [0, 0.1) is 0 Å². The van der Waals surface area contributed by atoms with E-state index in [1.807, 2.05) is 0 Å². The van der Waals surface area contributed by atoms with Crippen molar-refractivity contribution in [2.24, 2.45) is 0 Å². The van der Waals surface area contributed by atoms with Crippen LogP contribution in [0.4, 0.5) is 0 Å². The number of carboxylic acids is 1. The van der Waals surface area contributed by atoms with Crippen molar-refractivity contribution in [2.45, 2.75) is 18.6 Å². The van der Waals surface area contributed by atoms with E-state index in [-0.39, 0.29) is 6.61 Å². The highest BCUT2D eigenvalue weighted by Gasteiger charge is 2.47. The fourth-order valence-corrected chi connectivity index (χ4v) is 1.25. The summed E-state index contributed by atoms with van der Waals surface area (Å²) in [6.07, 6.45) is 5.11. The Balaban J connectivity index is 2.01. The van der Waals surface area contributed by atoms with Crippen LogP contribution < -0.4 is 0 Å². The Bertz CT molecular complexity index is 303. The molecule has 13 heavy (non-hydrogen) atoms. The molecular weight excluding hydrogens is 172 g/mol. The van der Waals surface area contributed by atoms with Gasteiger partial charge in [0.2, 0.25) is 0 Å². The van der Waals surface area contributed by atoms with Crippen LogP contribution in [0.25, 0.3) is 0 Å². The lowest BCUT2D eigenvalue weighted by Crippen LogP contribution is -2.24. The Hall–Kier alpha value is -1.36. The average molecular weight is 182 g/mol. The fraction of sp³-hybridized carbons (Fsp3) is 0.500. The first-order valence-electron chi connectivity index (χ1n) is 4.09. The molecule has 1 N–H and O–H groups in total. The van der Waals surface area contributed by atoms with Crippen molar-refractivity contribution in [1.82, 2.24) is 9.78 Å². The maximum absolute atomic E-state index is 10.3. The summed E-state index contributed by atoms with van der Waals surface area (Å²) < 4.78 is 6.92. The molecule has 1 aromatic heterocycles. The van der Waals surface area contributed by atoms with E-state index in [1.54, 1.807) is 23.1 Å². The molecule has 1 aromatic rings. The Morgan fingerprint density at radius 2 is 2.46 bits per heavy atom. The number of nitrogens with zero attached hydrogens (tertiary/aromatic N) is 2. The molecule has 0 spiro atoms. The van der Waals surface area contributed by atoms with Crippen LogP contribution in [0.3, 0.4) is 0 Å². The number of aliphatic carboxylic acids is 1. The Morgan fingerprint density at radius 3 is 2.92 bits per heavy atom. The van der Waals surface area contributed by atoms with Crippen molar-refractivity contribution < 1.29 is 14.6 Å². The molecule has 0 bridgehead atoms. The summed E-state index contributed by atoms with van der Waals surface area (Å²) >= 11 is 0. The standard InChI is InChI=1S/C8H10N2O3/c11-7(12)6-13-8(2-3-8)10-5-1-4-9-10/h1,4-5H,2-3,6H2,(H,11,12). The van der Waals surface area contributed by atoms with Crippen molar-refractivity contribution in [1.29, 1.82) is 0 Å². The maximum atomic E-state index is 10.3. The summed E-state index contributed by atoms with van der Waals surface area (Å²) in [7, 11) is 0. The summed E-state index contributed by atoms with van der Waals surface area (Å²) in [5, 5.41) is 12.5. The highest BCUT2D eigenvalue weighted by Crippen LogP contribution is 2.43. The summed E-state index contributed by atoms with van der Waals surface area (Å²) in [6, 6.07) is 1.80. The summed E-state index contributed by atoms with van der Waals surface area (Å²) in [5.74, 6) is -0.946. The second-order valence-corrected chi connectivity index (χ2v) is 3.08. The lowest BCUT2D eigenvalue weighted by Gasteiger charge is -2.15. The zero-order valence-electron chi connectivity index (χ0n) is 7.01. The van der Waals surface area contributed by atoms with E-state index in [1.165, 1.54) is 0 Å². The lowest BCUT2D eigenvalue weighted by atomic mass is 10.5. The molecule has 0 aliphatic heterocycles. The average Bonchev–Trinajstić information content (AvgIpc) is 2.68. The van der Waals surface area contributed by atoms with E-state index < -0.39 is 11.7 Å². The third-order valence-corrected chi connectivity index (χ3v) is 2.06. The van der Waals surface area contributed by atoms with Crippen LogP contribution in [0.15, 0.2) is 18.5 Å². The van der Waals surface area contributed by atoms with E-state index >= 15 is 0 Å². The molecule has 1 aliphatic carbocycles. The van der Waals surface area contributed by atoms with Crippen molar-refractivity contribution in [3.05, 3.63) is 18.5 Å². The predicted octanol–water partition coefficient (Wildman–Crippen LogP) is 0.431. The highest BCUT2D eigenvalue weighted by molar-refractivity contribution is 5.68. The SMILES string of the molecule is O=C(O)COC1(n2cccn2)CC1. The van der Waals surface area contributed by atoms with E-state index in [4.69, 9.17) is 9.84 Å². The van der Waals surface area contributed by atoms with E-state index in [0.29, 0.717) is 0 Å². The number of carboxylic acid groups (broad SMARTS) is 1. The fourth-order valence-electron chi connectivity index (χ4n) is 1.25. The van der Waals surface area contributed by atoms with Gasteiger partial charge in [0.15, 0.2) is 5.72 Å². The van der Waals surface area contributed by atoms with Crippen LogP contribution in [-0.4, -0.2) is 27.5 Å². The minimum Gasteiger partial charge on any atom is -0.480 e. The third kappa shape index (κ3) is 1.55. The Morgan fingerprint density at radius 1 is 1.69 bits per heavy atom. The second-order valence-electron chi connectivity index (χ2n) is 3.08. The van der Waals surface area contributed by atoms with Gasteiger partial charge in [-0.05, 0) is 6.07 Å². The molecule has 0 saturated heterocycles. The van der Waals surface area contributed by atoms with Gasteiger partial charge in [-0.1, -0.05) is 0 Å². The summed E-state index contributed by atoms with van der Waals surface area (Å²) in [5.41, 5.74) is -0.470. The maximum Gasteiger partial charge on any atom is 0.329 e. The van der Waals surface area contributed by atoms with Gasteiger partial charge in [0.05, 0.1) is 0 Å². The molecule has 5 nitrogen and oxygen atoms in total. The van der Waals surface area contributed by atoms with Gasteiger partial charge < -0.3 is 9.84 Å². The minimum atomic E-state index is -0.946. The minimum absolute atomic E-state index is 0.264. The quantitative estimate of drug-likeness (QED) is 0.733.